The molecule has 0 saturated carbocycles. The van der Waals surface area contributed by atoms with Crippen LogP contribution in [0.4, 0.5) is 0 Å². The van der Waals surface area contributed by atoms with Crippen molar-refractivity contribution in [3.63, 3.8) is 0 Å². The van der Waals surface area contributed by atoms with Crippen LogP contribution in [0.3, 0.4) is 0 Å². The second-order valence-electron chi connectivity index (χ2n) is 5.78. The Hall–Kier alpha value is -0.610. The summed E-state index contributed by atoms with van der Waals surface area (Å²) in [5, 5.41) is 3.50. The molecule has 19 heavy (non-hydrogen) atoms. The van der Waals surface area contributed by atoms with Crippen LogP contribution in [0.1, 0.15) is 46.5 Å². The molecule has 1 rings (SSSR count). The number of nitrogens with zero attached hydrogens (tertiary/aromatic N) is 1. The van der Waals surface area contributed by atoms with E-state index in [-0.39, 0.29) is 5.54 Å². The molecule has 0 atom stereocenters. The first-order valence-electron chi connectivity index (χ1n) is 6.96. The standard InChI is InChI=1S/C15H25BrN2O/c1-15(2,3)18-8-6-4-5-7-9-19-14-10-13(16)11-17-12-14/h10-12,18H,4-9H2,1-3H3. The van der Waals surface area contributed by atoms with Crippen LogP contribution in [0.15, 0.2) is 22.9 Å². The lowest BCUT2D eigenvalue weighted by Crippen LogP contribution is -2.36. The Morgan fingerprint density at radius 2 is 1.89 bits per heavy atom. The van der Waals surface area contributed by atoms with E-state index in [1.807, 2.05) is 6.07 Å². The number of hydrogen-bond donors (Lipinski definition) is 1. The molecular formula is C15H25BrN2O. The van der Waals surface area contributed by atoms with E-state index in [2.05, 4.69) is 47.0 Å². The summed E-state index contributed by atoms with van der Waals surface area (Å²) in [5.74, 6) is 0.837. The number of nitrogens with one attached hydrogen (secondary N) is 1. The summed E-state index contributed by atoms with van der Waals surface area (Å²) < 4.78 is 6.60. The zero-order valence-corrected chi connectivity index (χ0v) is 13.8. The van der Waals surface area contributed by atoms with Gasteiger partial charge >= 0.3 is 0 Å². The van der Waals surface area contributed by atoms with Gasteiger partial charge in [0.05, 0.1) is 12.8 Å². The molecule has 108 valence electrons. The molecular weight excluding hydrogens is 304 g/mol. The molecule has 0 radical (unpaired) electrons. The predicted molar refractivity (Wildman–Crippen MR) is 83.7 cm³/mol. The van der Waals surface area contributed by atoms with E-state index in [0.717, 1.165) is 29.8 Å². The molecule has 1 heterocycles. The van der Waals surface area contributed by atoms with Gasteiger partial charge in [-0.25, -0.2) is 0 Å². The van der Waals surface area contributed by atoms with Crippen LogP contribution in [-0.2, 0) is 0 Å². The third-order valence-electron chi connectivity index (χ3n) is 2.67. The maximum absolute atomic E-state index is 5.64. The Kier molecular flexibility index (Phi) is 7.39. The van der Waals surface area contributed by atoms with Crippen molar-refractivity contribution < 1.29 is 4.74 Å². The number of halogens is 1. The maximum atomic E-state index is 5.64. The van der Waals surface area contributed by atoms with E-state index in [0.29, 0.717) is 0 Å². The van der Waals surface area contributed by atoms with Crippen molar-refractivity contribution >= 4 is 15.9 Å². The minimum Gasteiger partial charge on any atom is -0.492 e. The van der Waals surface area contributed by atoms with Crippen molar-refractivity contribution in [1.82, 2.24) is 10.3 Å². The van der Waals surface area contributed by atoms with E-state index in [1.165, 1.54) is 19.3 Å². The molecule has 0 aliphatic rings. The number of aromatic nitrogens is 1. The summed E-state index contributed by atoms with van der Waals surface area (Å²) >= 11 is 3.38. The molecule has 1 N–H and O–H groups in total. The number of unbranched alkanes of at least 4 members (excludes halogenated alkanes) is 3. The fraction of sp³-hybridized carbons (Fsp3) is 0.667. The third kappa shape index (κ3) is 9.00. The lowest BCUT2D eigenvalue weighted by atomic mass is 10.1. The Bertz CT molecular complexity index is 363. The molecule has 0 amide bonds. The van der Waals surface area contributed by atoms with Gasteiger partial charge < -0.3 is 10.1 Å². The zero-order chi connectivity index (χ0) is 14.1. The smallest absolute Gasteiger partial charge is 0.138 e. The van der Waals surface area contributed by atoms with Crippen LogP contribution in [0.25, 0.3) is 0 Å². The van der Waals surface area contributed by atoms with Crippen molar-refractivity contribution in [2.24, 2.45) is 0 Å². The summed E-state index contributed by atoms with van der Waals surface area (Å²) in [6, 6.07) is 1.94. The topological polar surface area (TPSA) is 34.1 Å². The first kappa shape index (κ1) is 16.4. The van der Waals surface area contributed by atoms with Gasteiger partial charge in [-0.05, 0) is 62.2 Å². The molecule has 0 saturated heterocycles. The largest absolute Gasteiger partial charge is 0.492 e. The minimum absolute atomic E-state index is 0.233. The molecule has 4 heteroatoms. The average molecular weight is 329 g/mol. The van der Waals surface area contributed by atoms with Crippen LogP contribution < -0.4 is 10.1 Å². The number of rotatable bonds is 8. The van der Waals surface area contributed by atoms with Crippen molar-refractivity contribution in [3.05, 3.63) is 22.9 Å². The second kappa shape index (κ2) is 8.54. The van der Waals surface area contributed by atoms with Crippen molar-refractivity contribution in [3.8, 4) is 5.75 Å². The molecule has 0 unspecified atom stereocenters. The van der Waals surface area contributed by atoms with Crippen LogP contribution >= 0.6 is 15.9 Å². The molecule has 3 nitrogen and oxygen atoms in total. The highest BCUT2D eigenvalue weighted by Crippen LogP contribution is 2.16. The Morgan fingerprint density at radius 1 is 1.16 bits per heavy atom. The molecule has 0 spiro atoms. The van der Waals surface area contributed by atoms with Gasteiger partial charge in [0.25, 0.3) is 0 Å². The van der Waals surface area contributed by atoms with E-state index in [9.17, 15) is 0 Å². The highest BCUT2D eigenvalue weighted by molar-refractivity contribution is 9.10. The Labute approximate surface area is 125 Å². The van der Waals surface area contributed by atoms with E-state index < -0.39 is 0 Å². The van der Waals surface area contributed by atoms with Gasteiger partial charge in [-0.1, -0.05) is 12.8 Å². The monoisotopic (exact) mass is 328 g/mol. The quantitative estimate of drug-likeness (QED) is 0.727. The molecule has 1 aromatic rings. The molecule has 0 aliphatic carbocycles. The van der Waals surface area contributed by atoms with E-state index in [1.54, 1.807) is 12.4 Å². The second-order valence-corrected chi connectivity index (χ2v) is 6.69. The minimum atomic E-state index is 0.233. The van der Waals surface area contributed by atoms with Gasteiger partial charge in [0.2, 0.25) is 0 Å². The van der Waals surface area contributed by atoms with E-state index >= 15 is 0 Å². The molecule has 0 fully saturated rings. The predicted octanol–water partition coefficient (Wildman–Crippen LogP) is 4.17. The van der Waals surface area contributed by atoms with Crippen LogP contribution in [0, 0.1) is 0 Å². The first-order chi connectivity index (χ1) is 8.97. The first-order valence-corrected chi connectivity index (χ1v) is 7.75. The van der Waals surface area contributed by atoms with Crippen LogP contribution in [0.2, 0.25) is 0 Å². The van der Waals surface area contributed by atoms with Crippen molar-refractivity contribution in [2.45, 2.75) is 52.0 Å². The lowest BCUT2D eigenvalue weighted by molar-refractivity contribution is 0.302. The summed E-state index contributed by atoms with van der Waals surface area (Å²) in [4.78, 5) is 4.07. The molecule has 0 aromatic carbocycles. The zero-order valence-electron chi connectivity index (χ0n) is 12.2. The summed E-state index contributed by atoms with van der Waals surface area (Å²) in [7, 11) is 0. The van der Waals surface area contributed by atoms with Crippen LogP contribution in [-0.4, -0.2) is 23.7 Å². The number of ether oxygens (including phenoxy) is 1. The SMILES string of the molecule is CC(C)(C)NCCCCCCOc1cncc(Br)c1. The fourth-order valence-corrected chi connectivity index (χ4v) is 2.05. The number of pyridine rings is 1. The normalized spacial score (nSPS) is 11.6. The maximum Gasteiger partial charge on any atom is 0.138 e. The summed E-state index contributed by atoms with van der Waals surface area (Å²) in [6.45, 7) is 8.47. The highest BCUT2D eigenvalue weighted by atomic mass is 79.9. The number of hydrogen-bond acceptors (Lipinski definition) is 3. The van der Waals surface area contributed by atoms with Gasteiger partial charge in [-0.2, -0.15) is 0 Å². The molecule has 0 bridgehead atoms. The van der Waals surface area contributed by atoms with Gasteiger partial charge in [0.15, 0.2) is 0 Å². The van der Waals surface area contributed by atoms with E-state index in [4.69, 9.17) is 4.74 Å². The summed E-state index contributed by atoms with van der Waals surface area (Å²) in [6.07, 6.45) is 8.31. The molecule has 0 aliphatic heterocycles. The fourth-order valence-electron chi connectivity index (χ4n) is 1.71. The average Bonchev–Trinajstić information content (AvgIpc) is 2.31. The van der Waals surface area contributed by atoms with Gasteiger partial charge in [-0.15, -0.1) is 0 Å². The van der Waals surface area contributed by atoms with Crippen molar-refractivity contribution in [2.75, 3.05) is 13.2 Å². The lowest BCUT2D eigenvalue weighted by Gasteiger charge is -2.20. The Balaban J connectivity index is 1.97. The summed E-state index contributed by atoms with van der Waals surface area (Å²) in [5.41, 5.74) is 0.233. The van der Waals surface area contributed by atoms with Gasteiger partial charge in [-0.3, -0.25) is 4.98 Å². The van der Waals surface area contributed by atoms with Gasteiger partial charge in [0, 0.05) is 16.2 Å². The third-order valence-corrected chi connectivity index (χ3v) is 3.11. The van der Waals surface area contributed by atoms with Crippen molar-refractivity contribution in [1.29, 1.82) is 0 Å². The van der Waals surface area contributed by atoms with Gasteiger partial charge in [0.1, 0.15) is 5.75 Å². The molecule has 1 aromatic heterocycles. The highest BCUT2D eigenvalue weighted by Gasteiger charge is 2.06. The van der Waals surface area contributed by atoms with Crippen LogP contribution in [0.5, 0.6) is 5.75 Å². The Morgan fingerprint density at radius 3 is 2.58 bits per heavy atom.